The van der Waals surface area contributed by atoms with Gasteiger partial charge in [0.25, 0.3) is 0 Å². The van der Waals surface area contributed by atoms with Crippen LogP contribution >= 0.6 is 0 Å². The minimum atomic E-state index is -0.855. The van der Waals surface area contributed by atoms with Crippen molar-refractivity contribution in [3.63, 3.8) is 0 Å². The number of carboxylic acid groups (broad SMARTS) is 1. The number of carbonyl (C=O) groups is 1. The van der Waals surface area contributed by atoms with Crippen molar-refractivity contribution in [3.05, 3.63) is 77.9 Å². The van der Waals surface area contributed by atoms with Gasteiger partial charge >= 0.3 is 5.97 Å². The normalized spacial score (nSPS) is 11.0. The highest BCUT2D eigenvalue weighted by Gasteiger charge is 2.14. The van der Waals surface area contributed by atoms with Gasteiger partial charge in [0.15, 0.2) is 0 Å². The number of benzene rings is 2. The fraction of sp³-hybridized carbons (Fsp3) is 0.100. The fourth-order valence-electron chi connectivity index (χ4n) is 2.38. The predicted octanol–water partition coefficient (Wildman–Crippen LogP) is 4.53. The van der Waals surface area contributed by atoms with Crippen LogP contribution in [-0.2, 0) is 11.2 Å². The molecule has 0 radical (unpaired) electrons. The van der Waals surface area contributed by atoms with Crippen molar-refractivity contribution in [2.45, 2.75) is 12.8 Å². The van der Waals surface area contributed by atoms with Gasteiger partial charge in [-0.15, -0.1) is 0 Å². The lowest BCUT2D eigenvalue weighted by molar-refractivity contribution is -0.137. The Morgan fingerprint density at radius 3 is 2.33 bits per heavy atom. The van der Waals surface area contributed by atoms with E-state index in [4.69, 9.17) is 9.52 Å². The van der Waals surface area contributed by atoms with Crippen LogP contribution in [0.3, 0.4) is 0 Å². The molecule has 0 saturated carbocycles. The molecular weight excluding hydrogens is 302 g/mol. The van der Waals surface area contributed by atoms with Gasteiger partial charge in [-0.1, -0.05) is 60.7 Å². The first-order valence-corrected chi connectivity index (χ1v) is 7.72. The quantitative estimate of drug-likeness (QED) is 0.725. The molecule has 0 bridgehead atoms. The summed E-state index contributed by atoms with van der Waals surface area (Å²) < 4.78 is 5.78. The molecule has 0 fully saturated rings. The zero-order chi connectivity index (χ0) is 16.8. The van der Waals surface area contributed by atoms with Gasteiger partial charge in [-0.3, -0.25) is 4.79 Å². The van der Waals surface area contributed by atoms with Crippen LogP contribution in [0.4, 0.5) is 0 Å². The topological polar surface area (TPSA) is 63.3 Å². The number of aliphatic carboxylic acids is 1. The molecule has 1 aromatic heterocycles. The second kappa shape index (κ2) is 7.42. The van der Waals surface area contributed by atoms with Gasteiger partial charge in [0, 0.05) is 18.1 Å². The van der Waals surface area contributed by atoms with E-state index in [1.807, 2.05) is 66.7 Å². The van der Waals surface area contributed by atoms with Crippen molar-refractivity contribution >= 4 is 18.1 Å². The van der Waals surface area contributed by atoms with E-state index >= 15 is 0 Å². The number of carboxylic acids is 1. The van der Waals surface area contributed by atoms with Crippen molar-refractivity contribution in [2.24, 2.45) is 0 Å². The van der Waals surface area contributed by atoms with Gasteiger partial charge in [-0.2, -0.15) is 0 Å². The lowest BCUT2D eigenvalue weighted by Crippen LogP contribution is -1.97. The summed E-state index contributed by atoms with van der Waals surface area (Å²) in [6, 6.07) is 19.5. The summed E-state index contributed by atoms with van der Waals surface area (Å²) in [6.07, 6.45) is 4.04. The summed E-state index contributed by atoms with van der Waals surface area (Å²) in [5.41, 5.74) is 2.66. The first-order chi connectivity index (χ1) is 11.7. The Kier molecular flexibility index (Phi) is 4.87. The number of aryl methyl sites for hydroxylation is 1. The van der Waals surface area contributed by atoms with Crippen molar-refractivity contribution in [1.82, 2.24) is 4.98 Å². The van der Waals surface area contributed by atoms with Crippen LogP contribution in [-0.4, -0.2) is 16.1 Å². The molecule has 0 atom stereocenters. The molecule has 0 spiro atoms. The molecule has 1 N–H and O–H groups in total. The van der Waals surface area contributed by atoms with E-state index in [1.165, 1.54) is 0 Å². The maximum absolute atomic E-state index is 10.9. The molecule has 3 rings (SSSR count). The lowest BCUT2D eigenvalue weighted by atomic mass is 10.1. The second-order valence-corrected chi connectivity index (χ2v) is 5.33. The van der Waals surface area contributed by atoms with E-state index in [2.05, 4.69) is 4.98 Å². The van der Waals surface area contributed by atoms with Crippen LogP contribution in [0.25, 0.3) is 23.4 Å². The number of rotatable bonds is 6. The third-order valence-electron chi connectivity index (χ3n) is 3.54. The van der Waals surface area contributed by atoms with Gasteiger partial charge in [0.1, 0.15) is 11.5 Å². The Bertz CT molecular complexity index is 836. The second-order valence-electron chi connectivity index (χ2n) is 5.33. The van der Waals surface area contributed by atoms with Crippen LogP contribution in [0.15, 0.2) is 65.1 Å². The number of aromatic nitrogens is 1. The Labute approximate surface area is 140 Å². The Hall–Kier alpha value is -3.14. The molecule has 4 heteroatoms. The molecule has 0 aliphatic heterocycles. The highest BCUT2D eigenvalue weighted by molar-refractivity contribution is 5.70. The third kappa shape index (κ3) is 3.98. The van der Waals surface area contributed by atoms with Crippen LogP contribution in [0.5, 0.6) is 0 Å². The van der Waals surface area contributed by atoms with Crippen molar-refractivity contribution in [1.29, 1.82) is 0 Å². The summed E-state index contributed by atoms with van der Waals surface area (Å²) in [6.45, 7) is 0. The highest BCUT2D eigenvalue weighted by Crippen LogP contribution is 2.26. The van der Waals surface area contributed by atoms with E-state index in [1.54, 1.807) is 6.08 Å². The number of oxazole rings is 1. The molecule has 24 heavy (non-hydrogen) atoms. The summed E-state index contributed by atoms with van der Waals surface area (Å²) in [4.78, 5) is 15.4. The number of nitrogens with zero attached hydrogens (tertiary/aromatic N) is 1. The molecule has 4 nitrogen and oxygen atoms in total. The van der Waals surface area contributed by atoms with E-state index in [9.17, 15) is 4.79 Å². The number of hydrogen-bond acceptors (Lipinski definition) is 3. The lowest BCUT2D eigenvalue weighted by Gasteiger charge is -1.99. The van der Waals surface area contributed by atoms with Crippen molar-refractivity contribution < 1.29 is 14.3 Å². The minimum Gasteiger partial charge on any atom is -0.481 e. The molecular formula is C20H17NO3. The standard InChI is InChI=1S/C20H17NO3/c22-19(23)14-12-17-20(16-9-5-2-6-10-16)21-18(24-17)13-11-15-7-3-1-4-8-15/h1-11,13H,12,14H2,(H,22,23)/b13-11+. The SMILES string of the molecule is O=C(O)CCc1oc(/C=C/c2ccccc2)nc1-c1ccccc1. The maximum Gasteiger partial charge on any atom is 0.303 e. The Balaban J connectivity index is 1.90. The first-order valence-electron chi connectivity index (χ1n) is 7.72. The minimum absolute atomic E-state index is 0.0108. The molecule has 0 aliphatic rings. The van der Waals surface area contributed by atoms with Crippen LogP contribution in [0, 0.1) is 0 Å². The van der Waals surface area contributed by atoms with Crippen molar-refractivity contribution in [2.75, 3.05) is 0 Å². The van der Waals surface area contributed by atoms with E-state index in [0.29, 0.717) is 23.8 Å². The Morgan fingerprint density at radius 1 is 1.00 bits per heavy atom. The van der Waals surface area contributed by atoms with Gasteiger partial charge in [0.2, 0.25) is 5.89 Å². The maximum atomic E-state index is 10.9. The van der Waals surface area contributed by atoms with Crippen molar-refractivity contribution in [3.8, 4) is 11.3 Å². The molecule has 1 heterocycles. The zero-order valence-corrected chi connectivity index (χ0v) is 13.1. The highest BCUT2D eigenvalue weighted by atomic mass is 16.4. The molecule has 0 unspecified atom stereocenters. The monoisotopic (exact) mass is 319 g/mol. The summed E-state index contributed by atoms with van der Waals surface area (Å²) in [5.74, 6) is 0.209. The van der Waals surface area contributed by atoms with E-state index in [-0.39, 0.29) is 6.42 Å². The van der Waals surface area contributed by atoms with Gasteiger partial charge < -0.3 is 9.52 Å². The zero-order valence-electron chi connectivity index (χ0n) is 13.1. The Morgan fingerprint density at radius 2 is 1.67 bits per heavy atom. The molecule has 120 valence electrons. The molecule has 0 saturated heterocycles. The average Bonchev–Trinajstić information content (AvgIpc) is 3.03. The largest absolute Gasteiger partial charge is 0.481 e. The van der Waals surface area contributed by atoms with E-state index < -0.39 is 5.97 Å². The van der Waals surface area contributed by atoms with Gasteiger partial charge in [-0.05, 0) is 11.6 Å². The van der Waals surface area contributed by atoms with E-state index in [0.717, 1.165) is 11.1 Å². The average molecular weight is 319 g/mol. The van der Waals surface area contributed by atoms with Gasteiger partial charge in [0.05, 0.1) is 6.42 Å². The number of hydrogen-bond donors (Lipinski definition) is 1. The fourth-order valence-corrected chi connectivity index (χ4v) is 2.38. The smallest absolute Gasteiger partial charge is 0.303 e. The molecule has 0 amide bonds. The first kappa shape index (κ1) is 15.7. The van der Waals surface area contributed by atoms with Crippen LogP contribution in [0.2, 0.25) is 0 Å². The summed E-state index contributed by atoms with van der Waals surface area (Å²) >= 11 is 0. The van der Waals surface area contributed by atoms with Crippen LogP contribution in [0.1, 0.15) is 23.6 Å². The predicted molar refractivity (Wildman–Crippen MR) is 93.3 cm³/mol. The molecule has 2 aromatic carbocycles. The van der Waals surface area contributed by atoms with Gasteiger partial charge in [-0.25, -0.2) is 4.98 Å². The molecule has 0 aliphatic carbocycles. The molecule has 3 aromatic rings. The third-order valence-corrected chi connectivity index (χ3v) is 3.54. The van der Waals surface area contributed by atoms with Crippen LogP contribution < -0.4 is 0 Å². The summed E-state index contributed by atoms with van der Waals surface area (Å²) in [7, 11) is 0. The summed E-state index contributed by atoms with van der Waals surface area (Å²) in [5, 5.41) is 8.92.